The van der Waals surface area contributed by atoms with Crippen LogP contribution in [-0.2, 0) is 0 Å². The molecular weight excluding hydrogens is 444 g/mol. The van der Waals surface area contributed by atoms with Crippen LogP contribution in [0.25, 0.3) is 11.0 Å². The summed E-state index contributed by atoms with van der Waals surface area (Å²) in [5.41, 5.74) is 5.91. The normalized spacial score (nSPS) is 11.3. The summed E-state index contributed by atoms with van der Waals surface area (Å²) >= 11 is 0. The number of rotatable bonds is 6. The third-order valence-electron chi connectivity index (χ3n) is 6.12. The van der Waals surface area contributed by atoms with Crippen LogP contribution in [0, 0.1) is 0 Å². The van der Waals surface area contributed by atoms with Gasteiger partial charge in [0, 0.05) is 30.2 Å². The fourth-order valence-corrected chi connectivity index (χ4v) is 4.45. The summed E-state index contributed by atoms with van der Waals surface area (Å²) < 4.78 is 0. The van der Waals surface area contributed by atoms with Crippen LogP contribution in [0.15, 0.2) is 122 Å². The summed E-state index contributed by atoms with van der Waals surface area (Å²) in [6.07, 6.45) is 7.19. The third kappa shape index (κ3) is 4.32. The largest absolute Gasteiger partial charge is 0.260 e. The lowest BCUT2D eigenvalue weighted by Crippen LogP contribution is -2.11. The Kier molecular flexibility index (Phi) is 5.90. The molecule has 0 saturated carbocycles. The van der Waals surface area contributed by atoms with E-state index in [0.29, 0.717) is 5.65 Å². The SMILES string of the molecule is c1ccc(C(c2ccccn2)c2ccc3ccc(C(c4ccccn4)c4ccccn4)nc3n2)nc1. The van der Waals surface area contributed by atoms with Crippen molar-refractivity contribution in [2.75, 3.05) is 0 Å². The minimum Gasteiger partial charge on any atom is -0.260 e. The van der Waals surface area contributed by atoms with Gasteiger partial charge < -0.3 is 0 Å². The molecule has 0 saturated heterocycles. The summed E-state index contributed by atoms with van der Waals surface area (Å²) in [5, 5.41) is 0.962. The van der Waals surface area contributed by atoms with E-state index in [4.69, 9.17) is 9.97 Å². The molecular formula is C30H22N6. The van der Waals surface area contributed by atoms with Crippen molar-refractivity contribution in [3.63, 3.8) is 0 Å². The third-order valence-corrected chi connectivity index (χ3v) is 6.12. The fourth-order valence-electron chi connectivity index (χ4n) is 4.45. The van der Waals surface area contributed by atoms with Gasteiger partial charge in [0.1, 0.15) is 0 Å². The topological polar surface area (TPSA) is 77.3 Å². The molecule has 0 bridgehead atoms. The molecule has 6 heteroatoms. The van der Waals surface area contributed by atoms with Gasteiger partial charge in [0.2, 0.25) is 0 Å². The molecule has 0 aromatic carbocycles. The molecule has 0 amide bonds. The van der Waals surface area contributed by atoms with Gasteiger partial charge in [0.15, 0.2) is 5.65 Å². The smallest absolute Gasteiger partial charge is 0.159 e. The van der Waals surface area contributed by atoms with E-state index in [1.807, 2.05) is 84.9 Å². The minimum atomic E-state index is -0.204. The molecule has 6 nitrogen and oxygen atoms in total. The zero-order valence-corrected chi connectivity index (χ0v) is 19.4. The van der Waals surface area contributed by atoms with Crippen LogP contribution in [0.1, 0.15) is 46.0 Å². The van der Waals surface area contributed by atoms with E-state index < -0.39 is 0 Å². The number of hydrogen-bond acceptors (Lipinski definition) is 6. The Bertz CT molecular complexity index is 1380. The van der Waals surface area contributed by atoms with Crippen LogP contribution in [0.2, 0.25) is 0 Å². The van der Waals surface area contributed by atoms with Crippen LogP contribution < -0.4 is 0 Å². The number of pyridine rings is 6. The number of aromatic nitrogens is 6. The predicted molar refractivity (Wildman–Crippen MR) is 138 cm³/mol. The van der Waals surface area contributed by atoms with Gasteiger partial charge in [-0.15, -0.1) is 0 Å². The summed E-state index contributed by atoms with van der Waals surface area (Å²) in [6, 6.07) is 31.8. The Labute approximate surface area is 208 Å². The maximum absolute atomic E-state index is 5.03. The zero-order chi connectivity index (χ0) is 24.2. The van der Waals surface area contributed by atoms with E-state index in [0.717, 1.165) is 39.5 Å². The number of nitrogens with zero attached hydrogens (tertiary/aromatic N) is 6. The summed E-state index contributed by atoms with van der Waals surface area (Å²) in [5.74, 6) is -0.408. The highest BCUT2D eigenvalue weighted by atomic mass is 14.9. The van der Waals surface area contributed by atoms with E-state index >= 15 is 0 Å². The molecule has 0 N–H and O–H groups in total. The monoisotopic (exact) mass is 466 g/mol. The van der Waals surface area contributed by atoms with Crippen molar-refractivity contribution in [2.45, 2.75) is 11.8 Å². The van der Waals surface area contributed by atoms with Gasteiger partial charge in [0.05, 0.1) is 46.0 Å². The van der Waals surface area contributed by atoms with E-state index in [9.17, 15) is 0 Å². The fraction of sp³-hybridized carbons (Fsp3) is 0.0667. The van der Waals surface area contributed by atoms with Crippen molar-refractivity contribution in [2.24, 2.45) is 0 Å². The Morgan fingerprint density at radius 2 is 0.722 bits per heavy atom. The van der Waals surface area contributed by atoms with Crippen molar-refractivity contribution in [3.8, 4) is 0 Å². The molecule has 0 spiro atoms. The maximum Gasteiger partial charge on any atom is 0.159 e. The average molecular weight is 467 g/mol. The highest BCUT2D eigenvalue weighted by Gasteiger charge is 2.23. The Balaban J connectivity index is 1.49. The van der Waals surface area contributed by atoms with E-state index in [2.05, 4.69) is 32.1 Å². The summed E-state index contributed by atoms with van der Waals surface area (Å²) in [7, 11) is 0. The van der Waals surface area contributed by atoms with E-state index in [-0.39, 0.29) is 11.8 Å². The Morgan fingerprint density at radius 3 is 1.03 bits per heavy atom. The first kappa shape index (κ1) is 21.7. The lowest BCUT2D eigenvalue weighted by Gasteiger charge is -2.18. The van der Waals surface area contributed by atoms with Crippen molar-refractivity contribution >= 4 is 11.0 Å². The van der Waals surface area contributed by atoms with Crippen molar-refractivity contribution < 1.29 is 0 Å². The summed E-state index contributed by atoms with van der Waals surface area (Å²) in [4.78, 5) is 28.5. The number of fused-ring (bicyclic) bond motifs is 1. The second-order valence-electron chi connectivity index (χ2n) is 8.40. The van der Waals surface area contributed by atoms with Crippen LogP contribution >= 0.6 is 0 Å². The van der Waals surface area contributed by atoms with Crippen molar-refractivity contribution in [1.29, 1.82) is 0 Å². The second kappa shape index (κ2) is 9.80. The second-order valence-corrected chi connectivity index (χ2v) is 8.40. The Morgan fingerprint density at radius 1 is 0.361 bits per heavy atom. The van der Waals surface area contributed by atoms with Gasteiger partial charge >= 0.3 is 0 Å². The van der Waals surface area contributed by atoms with Crippen molar-refractivity contribution in [3.05, 3.63) is 156 Å². The lowest BCUT2D eigenvalue weighted by molar-refractivity contribution is 0.832. The van der Waals surface area contributed by atoms with E-state index in [1.54, 1.807) is 24.8 Å². The quantitative estimate of drug-likeness (QED) is 0.319. The van der Waals surface area contributed by atoms with Crippen LogP contribution in [0.4, 0.5) is 0 Å². The highest BCUT2D eigenvalue weighted by molar-refractivity contribution is 5.75. The molecule has 6 heterocycles. The molecule has 0 radical (unpaired) electrons. The first-order valence-corrected chi connectivity index (χ1v) is 11.8. The molecule has 0 atom stereocenters. The maximum atomic E-state index is 5.03. The molecule has 0 fully saturated rings. The van der Waals surface area contributed by atoms with Crippen LogP contribution in [0.5, 0.6) is 0 Å². The van der Waals surface area contributed by atoms with Gasteiger partial charge in [-0.25, -0.2) is 9.97 Å². The molecule has 172 valence electrons. The molecule has 0 aliphatic heterocycles. The predicted octanol–water partition coefficient (Wildman–Crippen LogP) is 5.57. The minimum absolute atomic E-state index is 0.204. The molecule has 0 unspecified atom stereocenters. The summed E-state index contributed by atoms with van der Waals surface area (Å²) in [6.45, 7) is 0. The van der Waals surface area contributed by atoms with Crippen LogP contribution in [-0.4, -0.2) is 29.9 Å². The molecule has 0 aliphatic rings. The van der Waals surface area contributed by atoms with Crippen LogP contribution in [0.3, 0.4) is 0 Å². The first-order valence-electron chi connectivity index (χ1n) is 11.8. The van der Waals surface area contributed by atoms with Gasteiger partial charge in [-0.1, -0.05) is 24.3 Å². The standard InChI is InChI=1S/C30H22N6/c1-5-17-31-22(9-1)28(23-10-2-6-18-32-23)26-15-13-21-14-16-27(36-30(21)35-26)29(24-11-3-7-19-33-24)25-12-4-8-20-34-25/h1-20,28-29H. The molecule has 6 aromatic rings. The zero-order valence-electron chi connectivity index (χ0n) is 19.4. The molecule has 0 aliphatic carbocycles. The van der Waals surface area contributed by atoms with Gasteiger partial charge in [-0.05, 0) is 72.8 Å². The number of hydrogen-bond donors (Lipinski definition) is 0. The molecule has 6 aromatic heterocycles. The van der Waals surface area contributed by atoms with Gasteiger partial charge in [-0.3, -0.25) is 19.9 Å². The average Bonchev–Trinajstić information content (AvgIpc) is 2.96. The molecule has 36 heavy (non-hydrogen) atoms. The Hall–Kier alpha value is -4.84. The van der Waals surface area contributed by atoms with E-state index in [1.165, 1.54) is 0 Å². The molecule has 6 rings (SSSR count). The van der Waals surface area contributed by atoms with Crippen molar-refractivity contribution in [1.82, 2.24) is 29.9 Å². The highest BCUT2D eigenvalue weighted by Crippen LogP contribution is 2.31. The lowest BCUT2D eigenvalue weighted by atomic mass is 9.94. The van der Waals surface area contributed by atoms with Gasteiger partial charge in [-0.2, -0.15) is 0 Å². The van der Waals surface area contributed by atoms with Gasteiger partial charge in [0.25, 0.3) is 0 Å². The first-order chi connectivity index (χ1) is 17.9.